The zero-order chi connectivity index (χ0) is 13.0. The van der Waals surface area contributed by atoms with Crippen molar-refractivity contribution in [3.8, 4) is 0 Å². The van der Waals surface area contributed by atoms with Crippen LogP contribution in [0.25, 0.3) is 0 Å². The smallest absolute Gasteiger partial charge is 0.187 e. The number of hydrogen-bond acceptors (Lipinski definition) is 4. The van der Waals surface area contributed by atoms with Crippen LogP contribution in [0.2, 0.25) is 0 Å². The lowest BCUT2D eigenvalue weighted by atomic mass is 10.1. The molecule has 0 radical (unpaired) electrons. The molecule has 0 spiro atoms. The highest BCUT2D eigenvalue weighted by atomic mass is 32.2. The van der Waals surface area contributed by atoms with Crippen molar-refractivity contribution in [2.75, 3.05) is 5.75 Å². The summed E-state index contributed by atoms with van der Waals surface area (Å²) in [4.78, 5) is 8.39. The molecule has 1 aromatic carbocycles. The predicted octanol–water partition coefficient (Wildman–Crippen LogP) is 2.72. The lowest BCUT2D eigenvalue weighted by molar-refractivity contribution is 0.626. The van der Waals surface area contributed by atoms with E-state index in [9.17, 15) is 4.39 Å². The number of halogens is 1. The fourth-order valence-corrected chi connectivity index (χ4v) is 2.20. The van der Waals surface area contributed by atoms with E-state index in [1.54, 1.807) is 24.5 Å². The molecule has 0 amide bonds. The van der Waals surface area contributed by atoms with Crippen LogP contribution in [0.3, 0.4) is 0 Å². The third kappa shape index (κ3) is 3.51. The maximum Gasteiger partial charge on any atom is 0.187 e. The zero-order valence-electron chi connectivity index (χ0n) is 10.0. The number of aromatic nitrogens is 2. The van der Waals surface area contributed by atoms with Crippen LogP contribution in [0.15, 0.2) is 41.8 Å². The number of hydrogen-bond donors (Lipinski definition) is 1. The Morgan fingerprint density at radius 3 is 2.44 bits per heavy atom. The van der Waals surface area contributed by atoms with Crippen LogP contribution < -0.4 is 5.73 Å². The number of benzene rings is 1. The van der Waals surface area contributed by atoms with E-state index in [2.05, 4.69) is 9.97 Å². The Morgan fingerprint density at radius 2 is 1.83 bits per heavy atom. The molecule has 2 N–H and O–H groups in total. The maximum absolute atomic E-state index is 12.8. The minimum absolute atomic E-state index is 0.152. The molecular weight excluding hydrogens is 249 g/mol. The van der Waals surface area contributed by atoms with Gasteiger partial charge in [-0.2, -0.15) is 0 Å². The summed E-state index contributed by atoms with van der Waals surface area (Å²) in [6.07, 6.45) is 3.55. The molecule has 0 bridgehead atoms. The summed E-state index contributed by atoms with van der Waals surface area (Å²) in [6, 6.07) is 6.10. The minimum Gasteiger partial charge on any atom is -0.323 e. The molecule has 1 unspecified atom stereocenters. The van der Waals surface area contributed by atoms with Gasteiger partial charge in [-0.25, -0.2) is 14.4 Å². The van der Waals surface area contributed by atoms with Gasteiger partial charge in [0.05, 0.1) is 0 Å². The monoisotopic (exact) mass is 263 g/mol. The topological polar surface area (TPSA) is 51.8 Å². The lowest BCUT2D eigenvalue weighted by Gasteiger charge is -2.10. The van der Waals surface area contributed by atoms with Crippen LogP contribution in [-0.4, -0.2) is 15.7 Å². The molecule has 0 aliphatic carbocycles. The van der Waals surface area contributed by atoms with E-state index in [0.29, 0.717) is 10.9 Å². The van der Waals surface area contributed by atoms with Crippen molar-refractivity contribution in [3.63, 3.8) is 0 Å². The van der Waals surface area contributed by atoms with E-state index in [1.807, 2.05) is 6.92 Å². The van der Waals surface area contributed by atoms with E-state index in [1.165, 1.54) is 23.9 Å². The van der Waals surface area contributed by atoms with Crippen LogP contribution in [0, 0.1) is 12.7 Å². The van der Waals surface area contributed by atoms with E-state index >= 15 is 0 Å². The molecule has 1 atom stereocenters. The molecule has 18 heavy (non-hydrogen) atoms. The van der Waals surface area contributed by atoms with Crippen LogP contribution in [-0.2, 0) is 0 Å². The van der Waals surface area contributed by atoms with Crippen molar-refractivity contribution in [1.82, 2.24) is 9.97 Å². The van der Waals surface area contributed by atoms with E-state index < -0.39 is 0 Å². The second-order valence-corrected chi connectivity index (χ2v) is 5.00. The average Bonchev–Trinajstić information content (AvgIpc) is 2.38. The second-order valence-electron chi connectivity index (χ2n) is 4.01. The van der Waals surface area contributed by atoms with Gasteiger partial charge in [-0.1, -0.05) is 23.9 Å². The molecule has 3 nitrogen and oxygen atoms in total. The second kappa shape index (κ2) is 5.93. The van der Waals surface area contributed by atoms with Gasteiger partial charge in [-0.3, -0.25) is 0 Å². The van der Waals surface area contributed by atoms with E-state index in [4.69, 9.17) is 5.73 Å². The Balaban J connectivity index is 1.93. The molecule has 0 fully saturated rings. The third-order valence-electron chi connectivity index (χ3n) is 2.45. The fourth-order valence-electron chi connectivity index (χ4n) is 1.43. The van der Waals surface area contributed by atoms with E-state index in [0.717, 1.165) is 11.1 Å². The number of aryl methyl sites for hydroxylation is 1. The Hall–Kier alpha value is -1.46. The molecular formula is C13H14FN3S. The SMILES string of the molecule is Cc1cnc(SCC(N)c2ccc(F)cc2)nc1. The van der Waals surface area contributed by atoms with Crippen molar-refractivity contribution in [2.24, 2.45) is 5.73 Å². The molecule has 0 aliphatic heterocycles. The van der Waals surface area contributed by atoms with Crippen LogP contribution in [0.1, 0.15) is 17.2 Å². The lowest BCUT2D eigenvalue weighted by Crippen LogP contribution is -2.13. The summed E-state index contributed by atoms with van der Waals surface area (Å²) in [5.74, 6) is 0.412. The summed E-state index contributed by atoms with van der Waals surface area (Å²) in [7, 11) is 0. The first-order valence-electron chi connectivity index (χ1n) is 5.57. The molecule has 0 saturated carbocycles. The quantitative estimate of drug-likeness (QED) is 0.680. The normalized spacial score (nSPS) is 12.4. The molecule has 1 aromatic heterocycles. The van der Waals surface area contributed by atoms with Gasteiger partial charge < -0.3 is 5.73 Å². The standard InChI is InChI=1S/C13H14FN3S/c1-9-6-16-13(17-7-9)18-8-12(15)10-2-4-11(14)5-3-10/h2-7,12H,8,15H2,1H3. The highest BCUT2D eigenvalue weighted by molar-refractivity contribution is 7.99. The van der Waals surface area contributed by atoms with Crippen LogP contribution in [0.4, 0.5) is 4.39 Å². The van der Waals surface area contributed by atoms with Gasteiger partial charge in [0.2, 0.25) is 0 Å². The van der Waals surface area contributed by atoms with Crippen LogP contribution in [0.5, 0.6) is 0 Å². The Bertz CT molecular complexity index is 499. The minimum atomic E-state index is -0.250. The number of thioether (sulfide) groups is 1. The Kier molecular flexibility index (Phi) is 4.28. The summed E-state index contributed by atoms with van der Waals surface area (Å²) >= 11 is 1.50. The first kappa shape index (κ1) is 13.0. The Labute approximate surface area is 110 Å². The average molecular weight is 263 g/mol. The molecule has 2 rings (SSSR count). The van der Waals surface area contributed by atoms with Crippen molar-refractivity contribution < 1.29 is 4.39 Å². The highest BCUT2D eigenvalue weighted by Crippen LogP contribution is 2.20. The highest BCUT2D eigenvalue weighted by Gasteiger charge is 2.08. The fraction of sp³-hybridized carbons (Fsp3) is 0.231. The van der Waals surface area contributed by atoms with Crippen molar-refractivity contribution in [2.45, 2.75) is 18.1 Å². The molecule has 94 valence electrons. The third-order valence-corrected chi connectivity index (χ3v) is 3.44. The molecule has 0 aliphatic rings. The molecule has 1 heterocycles. The van der Waals surface area contributed by atoms with E-state index in [-0.39, 0.29) is 11.9 Å². The summed E-state index contributed by atoms with van der Waals surface area (Å²) in [6.45, 7) is 1.94. The van der Waals surface area contributed by atoms with Crippen molar-refractivity contribution >= 4 is 11.8 Å². The molecule has 5 heteroatoms. The number of nitrogens with zero attached hydrogens (tertiary/aromatic N) is 2. The maximum atomic E-state index is 12.8. The largest absolute Gasteiger partial charge is 0.323 e. The Morgan fingerprint density at radius 1 is 1.22 bits per heavy atom. The summed E-state index contributed by atoms with van der Waals surface area (Å²) < 4.78 is 12.8. The van der Waals surface area contributed by atoms with Gasteiger partial charge in [0.25, 0.3) is 0 Å². The van der Waals surface area contributed by atoms with Gasteiger partial charge in [-0.05, 0) is 30.2 Å². The molecule has 0 saturated heterocycles. The number of rotatable bonds is 4. The predicted molar refractivity (Wildman–Crippen MR) is 70.8 cm³/mol. The van der Waals surface area contributed by atoms with Gasteiger partial charge in [0, 0.05) is 24.2 Å². The van der Waals surface area contributed by atoms with Gasteiger partial charge >= 0.3 is 0 Å². The first-order valence-corrected chi connectivity index (χ1v) is 6.56. The first-order chi connectivity index (χ1) is 8.65. The van der Waals surface area contributed by atoms with Gasteiger partial charge in [-0.15, -0.1) is 0 Å². The van der Waals surface area contributed by atoms with Crippen molar-refractivity contribution in [3.05, 3.63) is 53.6 Å². The van der Waals surface area contributed by atoms with Crippen LogP contribution >= 0.6 is 11.8 Å². The van der Waals surface area contributed by atoms with Crippen molar-refractivity contribution in [1.29, 1.82) is 0 Å². The van der Waals surface area contributed by atoms with Gasteiger partial charge in [0.15, 0.2) is 5.16 Å². The number of nitrogens with two attached hydrogens (primary N) is 1. The summed E-state index contributed by atoms with van der Waals surface area (Å²) in [5, 5.41) is 0.707. The molecule has 2 aromatic rings. The van der Waals surface area contributed by atoms with Gasteiger partial charge in [0.1, 0.15) is 5.82 Å². The summed E-state index contributed by atoms with van der Waals surface area (Å²) in [5.41, 5.74) is 7.97. The zero-order valence-corrected chi connectivity index (χ0v) is 10.8.